The molecular formula is C12H13N3O4. The van der Waals surface area contributed by atoms with Crippen LogP contribution in [0.1, 0.15) is 16.8 Å². The quantitative estimate of drug-likeness (QED) is 0.754. The molecule has 1 aromatic heterocycles. The third kappa shape index (κ3) is 2.40. The molecule has 1 aromatic rings. The number of aromatic nitrogens is 1. The number of primary amides is 1. The van der Waals surface area contributed by atoms with Crippen molar-refractivity contribution in [2.24, 2.45) is 11.7 Å². The maximum Gasteiger partial charge on any atom is 0.341 e. The van der Waals surface area contributed by atoms with E-state index in [2.05, 4.69) is 9.72 Å². The second-order valence-electron chi connectivity index (χ2n) is 4.17. The molecule has 19 heavy (non-hydrogen) atoms. The molecule has 1 aliphatic rings. The average Bonchev–Trinajstić information content (AvgIpc) is 2.80. The van der Waals surface area contributed by atoms with E-state index in [1.54, 1.807) is 6.07 Å². The first-order valence-electron chi connectivity index (χ1n) is 5.67. The standard InChI is InChI=1S/C12H13N3O4/c1-19-12(18)8-3-2-4-14-11(8)15-6-7(10(13)17)5-9(15)16/h2-4,7H,5-6H2,1H3,(H2,13,17). The van der Waals surface area contributed by atoms with Crippen molar-refractivity contribution in [3.63, 3.8) is 0 Å². The molecule has 1 fully saturated rings. The molecule has 2 amide bonds. The zero-order chi connectivity index (χ0) is 14.0. The van der Waals surface area contributed by atoms with Crippen LogP contribution < -0.4 is 10.6 Å². The van der Waals surface area contributed by atoms with Gasteiger partial charge in [0.2, 0.25) is 11.8 Å². The first-order chi connectivity index (χ1) is 9.04. The number of carbonyl (C=O) groups is 3. The third-order valence-electron chi connectivity index (χ3n) is 2.98. The van der Waals surface area contributed by atoms with Crippen LogP contribution in [0.3, 0.4) is 0 Å². The molecule has 1 unspecified atom stereocenters. The van der Waals surface area contributed by atoms with Crippen LogP contribution >= 0.6 is 0 Å². The zero-order valence-electron chi connectivity index (χ0n) is 10.3. The van der Waals surface area contributed by atoms with Crippen LogP contribution in [0.2, 0.25) is 0 Å². The molecule has 100 valence electrons. The molecule has 0 radical (unpaired) electrons. The molecule has 2 N–H and O–H groups in total. The van der Waals surface area contributed by atoms with Crippen LogP contribution in [0, 0.1) is 5.92 Å². The van der Waals surface area contributed by atoms with Gasteiger partial charge >= 0.3 is 5.97 Å². The number of pyridine rings is 1. The van der Waals surface area contributed by atoms with Crippen LogP contribution in [-0.4, -0.2) is 36.4 Å². The minimum atomic E-state index is -0.585. The number of methoxy groups -OCH3 is 1. The summed E-state index contributed by atoms with van der Waals surface area (Å²) >= 11 is 0. The van der Waals surface area contributed by atoms with Crippen molar-refractivity contribution in [3.05, 3.63) is 23.9 Å². The molecule has 0 aliphatic carbocycles. The Labute approximate surface area is 109 Å². The topological polar surface area (TPSA) is 103 Å². The molecule has 0 saturated carbocycles. The van der Waals surface area contributed by atoms with Crippen molar-refractivity contribution in [1.82, 2.24) is 4.98 Å². The Morgan fingerprint density at radius 3 is 2.84 bits per heavy atom. The Kier molecular flexibility index (Phi) is 3.46. The number of esters is 1. The first kappa shape index (κ1) is 13.0. The fourth-order valence-electron chi connectivity index (χ4n) is 1.98. The van der Waals surface area contributed by atoms with E-state index in [1.165, 1.54) is 24.3 Å². The summed E-state index contributed by atoms with van der Waals surface area (Å²) in [6.07, 6.45) is 1.50. The van der Waals surface area contributed by atoms with E-state index in [0.717, 1.165) is 0 Å². The van der Waals surface area contributed by atoms with Crippen molar-refractivity contribution in [2.75, 3.05) is 18.6 Å². The SMILES string of the molecule is COC(=O)c1cccnc1N1CC(C(N)=O)CC1=O. The number of ether oxygens (including phenoxy) is 1. The van der Waals surface area contributed by atoms with E-state index in [9.17, 15) is 14.4 Å². The number of rotatable bonds is 3. The summed E-state index contributed by atoms with van der Waals surface area (Å²) in [5.74, 6) is -1.76. The van der Waals surface area contributed by atoms with Gasteiger partial charge in [0.15, 0.2) is 0 Å². The highest BCUT2D eigenvalue weighted by molar-refractivity contribution is 6.04. The van der Waals surface area contributed by atoms with Crippen LogP contribution in [0.25, 0.3) is 0 Å². The van der Waals surface area contributed by atoms with Crippen molar-refractivity contribution < 1.29 is 19.1 Å². The van der Waals surface area contributed by atoms with Gasteiger partial charge in [-0.05, 0) is 12.1 Å². The van der Waals surface area contributed by atoms with Gasteiger partial charge in [-0.1, -0.05) is 0 Å². The lowest BCUT2D eigenvalue weighted by Crippen LogP contribution is -2.30. The molecule has 2 rings (SSSR count). The lowest BCUT2D eigenvalue weighted by atomic mass is 10.1. The van der Waals surface area contributed by atoms with Gasteiger partial charge in [0.25, 0.3) is 0 Å². The van der Waals surface area contributed by atoms with Crippen molar-refractivity contribution >= 4 is 23.6 Å². The second-order valence-corrected chi connectivity index (χ2v) is 4.17. The van der Waals surface area contributed by atoms with Gasteiger partial charge in [-0.15, -0.1) is 0 Å². The summed E-state index contributed by atoms with van der Waals surface area (Å²) in [6, 6.07) is 3.08. The fourth-order valence-corrected chi connectivity index (χ4v) is 1.98. The lowest BCUT2D eigenvalue weighted by Gasteiger charge is -2.17. The Balaban J connectivity index is 2.35. The number of hydrogen-bond acceptors (Lipinski definition) is 5. The molecular weight excluding hydrogens is 250 g/mol. The Hall–Kier alpha value is -2.44. The number of nitrogens with zero attached hydrogens (tertiary/aromatic N) is 2. The van der Waals surface area contributed by atoms with Crippen molar-refractivity contribution in [2.45, 2.75) is 6.42 Å². The Morgan fingerprint density at radius 2 is 2.26 bits per heavy atom. The van der Waals surface area contributed by atoms with E-state index in [-0.39, 0.29) is 30.3 Å². The predicted octanol–water partition coefficient (Wildman–Crippen LogP) is -0.294. The highest BCUT2D eigenvalue weighted by Crippen LogP contribution is 2.26. The number of anilines is 1. The molecule has 1 aliphatic heterocycles. The third-order valence-corrected chi connectivity index (χ3v) is 2.98. The largest absolute Gasteiger partial charge is 0.465 e. The normalized spacial score (nSPS) is 18.5. The van der Waals surface area contributed by atoms with Crippen LogP contribution in [0.5, 0.6) is 0 Å². The van der Waals surface area contributed by atoms with Gasteiger partial charge < -0.3 is 10.5 Å². The van der Waals surface area contributed by atoms with E-state index < -0.39 is 17.8 Å². The number of carbonyl (C=O) groups excluding carboxylic acids is 3. The Morgan fingerprint density at radius 1 is 1.53 bits per heavy atom. The molecule has 0 aromatic carbocycles. The summed E-state index contributed by atoms with van der Waals surface area (Å²) in [7, 11) is 1.25. The highest BCUT2D eigenvalue weighted by atomic mass is 16.5. The Bertz CT molecular complexity index is 544. The molecule has 1 saturated heterocycles. The highest BCUT2D eigenvalue weighted by Gasteiger charge is 2.36. The van der Waals surface area contributed by atoms with Crippen molar-refractivity contribution in [3.8, 4) is 0 Å². The summed E-state index contributed by atoms with van der Waals surface area (Å²) < 4.78 is 4.64. The molecule has 2 heterocycles. The molecule has 7 heteroatoms. The van der Waals surface area contributed by atoms with E-state index in [1.807, 2.05) is 0 Å². The van der Waals surface area contributed by atoms with Crippen LogP contribution in [0.15, 0.2) is 18.3 Å². The van der Waals surface area contributed by atoms with Gasteiger partial charge in [-0.2, -0.15) is 0 Å². The smallest absolute Gasteiger partial charge is 0.341 e. The second kappa shape index (κ2) is 5.05. The van der Waals surface area contributed by atoms with E-state index in [4.69, 9.17) is 5.73 Å². The van der Waals surface area contributed by atoms with Crippen LogP contribution in [-0.2, 0) is 14.3 Å². The first-order valence-corrected chi connectivity index (χ1v) is 5.67. The van der Waals surface area contributed by atoms with Gasteiger partial charge in [-0.3, -0.25) is 14.5 Å². The van der Waals surface area contributed by atoms with Crippen LogP contribution in [0.4, 0.5) is 5.82 Å². The molecule has 1 atom stereocenters. The number of nitrogens with two attached hydrogens (primary N) is 1. The van der Waals surface area contributed by atoms with Gasteiger partial charge in [0.1, 0.15) is 11.4 Å². The van der Waals surface area contributed by atoms with Crippen molar-refractivity contribution in [1.29, 1.82) is 0 Å². The lowest BCUT2D eigenvalue weighted by molar-refractivity contribution is -0.123. The molecule has 0 spiro atoms. The zero-order valence-corrected chi connectivity index (χ0v) is 10.3. The maximum absolute atomic E-state index is 11.9. The van der Waals surface area contributed by atoms with Gasteiger partial charge in [-0.25, -0.2) is 9.78 Å². The molecule has 7 nitrogen and oxygen atoms in total. The monoisotopic (exact) mass is 263 g/mol. The summed E-state index contributed by atoms with van der Waals surface area (Å²) in [5, 5.41) is 0. The van der Waals surface area contributed by atoms with E-state index in [0.29, 0.717) is 0 Å². The van der Waals surface area contributed by atoms with E-state index >= 15 is 0 Å². The minimum absolute atomic E-state index is 0.0342. The maximum atomic E-state index is 11.9. The molecule has 0 bridgehead atoms. The van der Waals surface area contributed by atoms with Gasteiger partial charge in [0.05, 0.1) is 13.0 Å². The summed E-state index contributed by atoms with van der Waals surface area (Å²) in [6.45, 7) is 0.134. The fraction of sp³-hybridized carbons (Fsp3) is 0.333. The number of amides is 2. The summed E-state index contributed by atoms with van der Waals surface area (Å²) in [4.78, 5) is 39.9. The minimum Gasteiger partial charge on any atom is -0.465 e. The number of hydrogen-bond donors (Lipinski definition) is 1. The van der Waals surface area contributed by atoms with Gasteiger partial charge in [0, 0.05) is 19.2 Å². The predicted molar refractivity (Wildman–Crippen MR) is 65.2 cm³/mol. The summed E-state index contributed by atoms with van der Waals surface area (Å²) in [5.41, 5.74) is 5.38. The average molecular weight is 263 g/mol.